The summed E-state index contributed by atoms with van der Waals surface area (Å²) in [6, 6.07) is 27.3. The Bertz CT molecular complexity index is 1920. The van der Waals surface area contributed by atoms with Crippen LogP contribution in [0, 0.1) is 23.7 Å². The fourth-order valence-corrected chi connectivity index (χ4v) is 9.08. The minimum absolute atomic E-state index is 0.708. The molecule has 0 saturated carbocycles. The molecule has 4 aromatic rings. The maximum absolute atomic E-state index is 6.39. The standard InChI is InChI=1S/C62H88O3S/c1-4-7-10-13-16-19-22-25-28-31-50-63-58-43-41-57(42-44-58)56-39-34-54(35-40-56)36-45-59-47-48-60(66-59)46-37-55-38-49-61(64-51-32-29-26-23-20-17-14-11-8-5-2)62(53-55)65-52-33-30-27-24-21-18-15-12-9-6-3/h34-35,38-44,47-49,53H,4-33,50-52H2,1-3H3. The highest BCUT2D eigenvalue weighted by Gasteiger charge is 2.08. The van der Waals surface area contributed by atoms with Crippen molar-refractivity contribution >= 4 is 11.3 Å². The lowest BCUT2D eigenvalue weighted by molar-refractivity contribution is 0.258. The van der Waals surface area contributed by atoms with Gasteiger partial charge in [-0.1, -0.05) is 242 Å². The number of thiophene rings is 1. The van der Waals surface area contributed by atoms with Gasteiger partial charge in [-0.15, -0.1) is 11.3 Å². The lowest BCUT2D eigenvalue weighted by atomic mass is 10.0. The minimum Gasteiger partial charge on any atom is -0.494 e. The Morgan fingerprint density at radius 1 is 0.318 bits per heavy atom. The second kappa shape index (κ2) is 36.9. The van der Waals surface area contributed by atoms with Crippen LogP contribution in [0.5, 0.6) is 17.2 Å². The zero-order chi connectivity index (χ0) is 46.4. The van der Waals surface area contributed by atoms with Gasteiger partial charge in [0.1, 0.15) is 5.75 Å². The molecule has 1 aromatic heterocycles. The van der Waals surface area contributed by atoms with Gasteiger partial charge in [0.2, 0.25) is 0 Å². The predicted molar refractivity (Wildman–Crippen MR) is 287 cm³/mol. The molecule has 66 heavy (non-hydrogen) atoms. The van der Waals surface area contributed by atoms with Crippen molar-refractivity contribution in [3.05, 3.63) is 99.7 Å². The topological polar surface area (TPSA) is 27.7 Å². The highest BCUT2D eigenvalue weighted by atomic mass is 32.1. The summed E-state index contributed by atoms with van der Waals surface area (Å²) in [6.45, 7) is 9.08. The van der Waals surface area contributed by atoms with Crippen LogP contribution in [-0.4, -0.2) is 19.8 Å². The number of unbranched alkanes of at least 4 members (excludes halogenated alkanes) is 27. The van der Waals surface area contributed by atoms with Crippen LogP contribution in [-0.2, 0) is 0 Å². The third-order valence-electron chi connectivity index (χ3n) is 12.6. The van der Waals surface area contributed by atoms with Crippen LogP contribution in [0.4, 0.5) is 0 Å². The number of hydrogen-bond donors (Lipinski definition) is 0. The van der Waals surface area contributed by atoms with Gasteiger partial charge in [0.25, 0.3) is 0 Å². The second-order valence-electron chi connectivity index (χ2n) is 18.5. The van der Waals surface area contributed by atoms with Crippen molar-refractivity contribution in [2.45, 2.75) is 213 Å². The average Bonchev–Trinajstić information content (AvgIpc) is 3.81. The Morgan fingerprint density at radius 2 is 0.667 bits per heavy atom. The van der Waals surface area contributed by atoms with E-state index in [4.69, 9.17) is 14.2 Å². The van der Waals surface area contributed by atoms with E-state index in [2.05, 4.69) is 123 Å². The van der Waals surface area contributed by atoms with E-state index in [0.717, 1.165) is 70.6 Å². The van der Waals surface area contributed by atoms with E-state index in [1.54, 1.807) is 11.3 Å². The van der Waals surface area contributed by atoms with Crippen molar-refractivity contribution in [3.8, 4) is 52.1 Å². The van der Waals surface area contributed by atoms with E-state index >= 15 is 0 Å². The molecule has 1 heterocycles. The molecule has 0 saturated heterocycles. The van der Waals surface area contributed by atoms with Crippen LogP contribution in [0.25, 0.3) is 11.1 Å². The molecule has 360 valence electrons. The van der Waals surface area contributed by atoms with Crippen LogP contribution < -0.4 is 14.2 Å². The molecule has 3 nitrogen and oxygen atoms in total. The third kappa shape index (κ3) is 25.1. The third-order valence-corrected chi connectivity index (χ3v) is 13.5. The first-order chi connectivity index (χ1) is 32.7. The molecule has 0 N–H and O–H groups in total. The predicted octanol–water partition coefficient (Wildman–Crippen LogP) is 19.1. The summed E-state index contributed by atoms with van der Waals surface area (Å²) in [5, 5.41) is 0. The van der Waals surface area contributed by atoms with Gasteiger partial charge in [0.05, 0.1) is 29.6 Å². The zero-order valence-electron chi connectivity index (χ0n) is 42.0. The van der Waals surface area contributed by atoms with Gasteiger partial charge >= 0.3 is 0 Å². The van der Waals surface area contributed by atoms with Crippen LogP contribution in [0.15, 0.2) is 78.9 Å². The highest BCUT2D eigenvalue weighted by Crippen LogP contribution is 2.30. The van der Waals surface area contributed by atoms with Crippen molar-refractivity contribution < 1.29 is 14.2 Å². The van der Waals surface area contributed by atoms with Crippen molar-refractivity contribution in [3.63, 3.8) is 0 Å². The van der Waals surface area contributed by atoms with Gasteiger partial charge in [0.15, 0.2) is 11.5 Å². The molecule has 4 heteroatoms. The Balaban J connectivity index is 1.22. The Hall–Kier alpha value is -4.12. The molecule has 4 rings (SSSR count). The molecule has 0 radical (unpaired) electrons. The highest BCUT2D eigenvalue weighted by molar-refractivity contribution is 7.13. The lowest BCUT2D eigenvalue weighted by Crippen LogP contribution is -2.03. The van der Waals surface area contributed by atoms with E-state index in [1.807, 2.05) is 0 Å². The second-order valence-corrected chi connectivity index (χ2v) is 19.6. The smallest absolute Gasteiger partial charge is 0.162 e. The minimum atomic E-state index is 0.708. The van der Waals surface area contributed by atoms with Gasteiger partial charge in [0, 0.05) is 11.1 Å². The number of rotatable bonds is 37. The molecule has 0 amide bonds. The normalized spacial score (nSPS) is 10.9. The van der Waals surface area contributed by atoms with E-state index in [-0.39, 0.29) is 0 Å². The molecule has 3 aromatic carbocycles. The maximum Gasteiger partial charge on any atom is 0.162 e. The van der Waals surface area contributed by atoms with E-state index < -0.39 is 0 Å². The van der Waals surface area contributed by atoms with Crippen LogP contribution in [0.3, 0.4) is 0 Å². The maximum atomic E-state index is 6.39. The summed E-state index contributed by atoms with van der Waals surface area (Å²) >= 11 is 1.63. The summed E-state index contributed by atoms with van der Waals surface area (Å²) in [7, 11) is 0. The lowest BCUT2D eigenvalue weighted by Gasteiger charge is -2.13. The monoisotopic (exact) mass is 913 g/mol. The first kappa shape index (κ1) is 54.5. The molecule has 0 aliphatic carbocycles. The van der Waals surface area contributed by atoms with E-state index in [1.165, 1.54) is 184 Å². The van der Waals surface area contributed by atoms with Crippen molar-refractivity contribution in [1.29, 1.82) is 0 Å². The molecule has 0 spiro atoms. The molecule has 0 aliphatic rings. The molecule has 0 fully saturated rings. The quantitative estimate of drug-likeness (QED) is 0.0333. The number of ether oxygens (including phenoxy) is 3. The Labute approximate surface area is 408 Å². The van der Waals surface area contributed by atoms with Crippen LogP contribution in [0.2, 0.25) is 0 Å². The van der Waals surface area contributed by atoms with Gasteiger partial charge in [-0.25, -0.2) is 0 Å². The zero-order valence-corrected chi connectivity index (χ0v) is 42.8. The average molecular weight is 913 g/mol. The molecule has 0 bridgehead atoms. The van der Waals surface area contributed by atoms with Crippen molar-refractivity contribution in [2.75, 3.05) is 19.8 Å². The summed E-state index contributed by atoms with van der Waals surface area (Å²) in [6.07, 6.45) is 39.7. The first-order valence-corrected chi connectivity index (χ1v) is 27.9. The summed E-state index contributed by atoms with van der Waals surface area (Å²) in [5.74, 6) is 16.1. The van der Waals surface area contributed by atoms with Gasteiger partial charge in [-0.3, -0.25) is 0 Å². The summed E-state index contributed by atoms with van der Waals surface area (Å²) in [5.41, 5.74) is 4.29. The largest absolute Gasteiger partial charge is 0.494 e. The van der Waals surface area contributed by atoms with E-state index in [0.29, 0.717) is 6.61 Å². The Kier molecular flexibility index (Phi) is 30.5. The number of benzene rings is 3. The first-order valence-electron chi connectivity index (χ1n) is 27.0. The van der Waals surface area contributed by atoms with Crippen LogP contribution >= 0.6 is 11.3 Å². The molecular formula is C62H88O3S. The molecule has 0 unspecified atom stereocenters. The van der Waals surface area contributed by atoms with Gasteiger partial charge < -0.3 is 14.2 Å². The van der Waals surface area contributed by atoms with E-state index in [9.17, 15) is 0 Å². The SMILES string of the molecule is CCCCCCCCCCCCOc1ccc(-c2ccc(C#Cc3ccc(C#Cc4ccc(OCCCCCCCCCCCC)c(OCCCCCCCCCCCC)c4)s3)cc2)cc1. The molecule has 0 aliphatic heterocycles. The summed E-state index contributed by atoms with van der Waals surface area (Å²) in [4.78, 5) is 2.01. The molecular weight excluding hydrogens is 825 g/mol. The fraction of sp³-hybridized carbons (Fsp3) is 0.581. The molecule has 0 atom stereocenters. The number of hydrogen-bond acceptors (Lipinski definition) is 4. The van der Waals surface area contributed by atoms with Crippen molar-refractivity contribution in [2.24, 2.45) is 0 Å². The van der Waals surface area contributed by atoms with Crippen molar-refractivity contribution in [1.82, 2.24) is 0 Å². The van der Waals surface area contributed by atoms with Gasteiger partial charge in [-0.05, 0) is 85.0 Å². The fourth-order valence-electron chi connectivity index (χ4n) is 8.37. The summed E-state index contributed by atoms with van der Waals surface area (Å²) < 4.78 is 18.8. The van der Waals surface area contributed by atoms with Gasteiger partial charge in [-0.2, -0.15) is 0 Å². The van der Waals surface area contributed by atoms with Crippen LogP contribution in [0.1, 0.15) is 234 Å². The Morgan fingerprint density at radius 3 is 1.11 bits per heavy atom.